The fourth-order valence-corrected chi connectivity index (χ4v) is 2.41. The Labute approximate surface area is 48.5 Å². The summed E-state index contributed by atoms with van der Waals surface area (Å²) in [7, 11) is -0.291. The minimum absolute atomic E-state index is 0.291. The van der Waals surface area contributed by atoms with E-state index in [1.807, 2.05) is 0 Å². The minimum atomic E-state index is -0.291. The van der Waals surface area contributed by atoms with E-state index in [0.717, 1.165) is 0 Å². The Hall–Kier alpha value is 0.217. The fourth-order valence-electron chi connectivity index (χ4n) is 0.805. The maximum absolute atomic E-state index is 3.91. The quantitative estimate of drug-likeness (QED) is 0.482. The van der Waals surface area contributed by atoms with Crippen molar-refractivity contribution in [3.05, 3.63) is 6.92 Å². The SMILES string of the molecule is [CH2]C(C)C[SiH](C)C. The molecule has 0 aromatic rings. The second-order valence-corrected chi connectivity index (χ2v) is 5.99. The average Bonchev–Trinajstić information content (AvgIpc) is 1.27. The molecule has 0 aliphatic heterocycles. The van der Waals surface area contributed by atoms with Crippen molar-refractivity contribution in [1.29, 1.82) is 0 Å². The Morgan fingerprint density at radius 1 is 1.57 bits per heavy atom. The van der Waals surface area contributed by atoms with Crippen LogP contribution in [0.3, 0.4) is 0 Å². The first-order chi connectivity index (χ1) is 3.13. The number of hydrogen-bond acceptors (Lipinski definition) is 0. The second-order valence-electron chi connectivity index (χ2n) is 2.73. The molecule has 0 aliphatic rings. The van der Waals surface area contributed by atoms with Crippen molar-refractivity contribution < 1.29 is 0 Å². The Balaban J connectivity index is 2.95. The lowest BCUT2D eigenvalue weighted by atomic mass is 10.3. The zero-order valence-electron chi connectivity index (χ0n) is 5.57. The molecule has 7 heavy (non-hydrogen) atoms. The Morgan fingerprint density at radius 3 is 2.00 bits per heavy atom. The van der Waals surface area contributed by atoms with Gasteiger partial charge in [0.2, 0.25) is 0 Å². The standard InChI is InChI=1S/C6H15Si/c1-6(2)5-7(3)4/h6-7H,1,5H2,2-4H3. The Bertz CT molecular complexity index is 33.4. The van der Waals surface area contributed by atoms with E-state index in [2.05, 4.69) is 26.9 Å². The van der Waals surface area contributed by atoms with Gasteiger partial charge in [0.1, 0.15) is 0 Å². The molecule has 0 saturated carbocycles. The van der Waals surface area contributed by atoms with Crippen LogP contribution in [0.25, 0.3) is 0 Å². The molecule has 0 spiro atoms. The molecule has 0 fully saturated rings. The van der Waals surface area contributed by atoms with Crippen molar-refractivity contribution in [2.24, 2.45) is 5.92 Å². The van der Waals surface area contributed by atoms with Crippen LogP contribution in [0.1, 0.15) is 6.92 Å². The van der Waals surface area contributed by atoms with E-state index in [9.17, 15) is 0 Å². The zero-order valence-corrected chi connectivity index (χ0v) is 6.72. The van der Waals surface area contributed by atoms with Crippen molar-refractivity contribution in [3.63, 3.8) is 0 Å². The predicted octanol–water partition coefficient (Wildman–Crippen LogP) is 1.94. The van der Waals surface area contributed by atoms with Gasteiger partial charge in [0.25, 0.3) is 0 Å². The van der Waals surface area contributed by atoms with Gasteiger partial charge in [-0.25, -0.2) is 0 Å². The van der Waals surface area contributed by atoms with Crippen LogP contribution in [0.2, 0.25) is 19.1 Å². The summed E-state index contributed by atoms with van der Waals surface area (Å²) in [6, 6.07) is 1.39. The first-order valence-electron chi connectivity index (χ1n) is 2.96. The van der Waals surface area contributed by atoms with Gasteiger partial charge < -0.3 is 0 Å². The Morgan fingerprint density at radius 2 is 2.00 bits per heavy atom. The molecule has 0 bridgehead atoms. The summed E-state index contributed by atoms with van der Waals surface area (Å²) in [6.45, 7) is 10.8. The van der Waals surface area contributed by atoms with E-state index < -0.39 is 0 Å². The summed E-state index contributed by atoms with van der Waals surface area (Å²) in [5, 5.41) is 0. The third-order valence-electron chi connectivity index (χ3n) is 0.874. The average molecular weight is 115 g/mol. The zero-order chi connectivity index (χ0) is 5.86. The molecule has 0 aromatic carbocycles. The highest BCUT2D eigenvalue weighted by Crippen LogP contribution is 2.02. The predicted molar refractivity (Wildman–Crippen MR) is 38.2 cm³/mol. The smallest absolute Gasteiger partial charge is 0.0308 e. The highest BCUT2D eigenvalue weighted by molar-refractivity contribution is 6.55. The second kappa shape index (κ2) is 3.25. The lowest BCUT2D eigenvalue weighted by Gasteiger charge is -2.03. The largest absolute Gasteiger partial charge is 0.0722 e. The summed E-state index contributed by atoms with van der Waals surface area (Å²) >= 11 is 0. The van der Waals surface area contributed by atoms with Crippen molar-refractivity contribution >= 4 is 8.80 Å². The first-order valence-corrected chi connectivity index (χ1v) is 6.08. The fraction of sp³-hybridized carbons (Fsp3) is 0.833. The van der Waals surface area contributed by atoms with Gasteiger partial charge in [0, 0.05) is 8.80 Å². The van der Waals surface area contributed by atoms with E-state index in [1.165, 1.54) is 6.04 Å². The van der Waals surface area contributed by atoms with Gasteiger partial charge in [-0.15, -0.1) is 0 Å². The maximum atomic E-state index is 3.91. The molecule has 0 amide bonds. The van der Waals surface area contributed by atoms with E-state index in [1.54, 1.807) is 0 Å². The lowest BCUT2D eigenvalue weighted by Crippen LogP contribution is -2.03. The van der Waals surface area contributed by atoms with E-state index in [4.69, 9.17) is 0 Å². The first kappa shape index (κ1) is 7.22. The normalized spacial score (nSPS) is 11.1. The molecular weight excluding hydrogens is 100 g/mol. The van der Waals surface area contributed by atoms with Crippen molar-refractivity contribution in [2.75, 3.05) is 0 Å². The molecule has 0 N–H and O–H groups in total. The monoisotopic (exact) mass is 115 g/mol. The molecular formula is C6H15Si. The van der Waals surface area contributed by atoms with Crippen LogP contribution < -0.4 is 0 Å². The van der Waals surface area contributed by atoms with E-state index >= 15 is 0 Å². The molecule has 0 nitrogen and oxygen atoms in total. The molecule has 43 valence electrons. The lowest BCUT2D eigenvalue weighted by molar-refractivity contribution is 0.814. The minimum Gasteiger partial charge on any atom is -0.0722 e. The maximum Gasteiger partial charge on any atom is 0.0308 e. The number of hydrogen-bond donors (Lipinski definition) is 0. The van der Waals surface area contributed by atoms with Crippen LogP contribution in [0.5, 0.6) is 0 Å². The molecule has 1 heteroatoms. The molecule has 0 rings (SSSR count). The van der Waals surface area contributed by atoms with Crippen LogP contribution in [-0.4, -0.2) is 8.80 Å². The van der Waals surface area contributed by atoms with Gasteiger partial charge >= 0.3 is 0 Å². The summed E-state index contributed by atoms with van der Waals surface area (Å²) in [6.07, 6.45) is 0. The third kappa shape index (κ3) is 6.22. The van der Waals surface area contributed by atoms with Crippen molar-refractivity contribution in [2.45, 2.75) is 26.1 Å². The summed E-state index contributed by atoms with van der Waals surface area (Å²) in [5.41, 5.74) is 0. The summed E-state index contributed by atoms with van der Waals surface area (Å²) in [5.74, 6) is 0.687. The van der Waals surface area contributed by atoms with Crippen LogP contribution in [0, 0.1) is 12.8 Å². The molecule has 0 aromatic heterocycles. The van der Waals surface area contributed by atoms with Gasteiger partial charge in [-0.1, -0.05) is 33.0 Å². The van der Waals surface area contributed by atoms with Gasteiger partial charge in [0.15, 0.2) is 0 Å². The Kier molecular flexibility index (Phi) is 3.35. The van der Waals surface area contributed by atoms with Crippen LogP contribution in [0.4, 0.5) is 0 Å². The van der Waals surface area contributed by atoms with Gasteiger partial charge in [-0.05, 0) is 5.92 Å². The van der Waals surface area contributed by atoms with Gasteiger partial charge in [-0.2, -0.15) is 0 Å². The third-order valence-corrected chi connectivity index (χ3v) is 2.62. The van der Waals surface area contributed by atoms with E-state index in [0.29, 0.717) is 5.92 Å². The molecule has 1 unspecified atom stereocenters. The van der Waals surface area contributed by atoms with Crippen LogP contribution >= 0.6 is 0 Å². The van der Waals surface area contributed by atoms with Crippen molar-refractivity contribution in [3.8, 4) is 0 Å². The molecule has 1 radical (unpaired) electrons. The molecule has 0 aliphatic carbocycles. The molecule has 1 atom stereocenters. The van der Waals surface area contributed by atoms with E-state index in [-0.39, 0.29) is 8.80 Å². The highest BCUT2D eigenvalue weighted by Gasteiger charge is 1.97. The number of rotatable bonds is 2. The summed E-state index contributed by atoms with van der Waals surface area (Å²) in [4.78, 5) is 0. The topological polar surface area (TPSA) is 0 Å². The van der Waals surface area contributed by atoms with Gasteiger partial charge in [0.05, 0.1) is 0 Å². The highest BCUT2D eigenvalue weighted by atomic mass is 28.3. The van der Waals surface area contributed by atoms with Crippen molar-refractivity contribution in [1.82, 2.24) is 0 Å². The van der Waals surface area contributed by atoms with Gasteiger partial charge in [-0.3, -0.25) is 0 Å². The molecule has 0 heterocycles. The van der Waals surface area contributed by atoms with Crippen LogP contribution in [-0.2, 0) is 0 Å². The molecule has 0 saturated heterocycles. The van der Waals surface area contributed by atoms with Crippen LogP contribution in [0.15, 0.2) is 0 Å². The summed E-state index contributed by atoms with van der Waals surface area (Å²) < 4.78 is 0.